The molecule has 2 unspecified atom stereocenters. The molecule has 7 nitrogen and oxygen atoms in total. The molecule has 0 radical (unpaired) electrons. The summed E-state index contributed by atoms with van der Waals surface area (Å²) in [6.07, 6.45) is 9.89. The Bertz CT molecular complexity index is 1400. The molecule has 1 aliphatic carbocycles. The van der Waals surface area contributed by atoms with Crippen LogP contribution < -0.4 is 15.5 Å². The maximum absolute atomic E-state index is 12.3. The van der Waals surface area contributed by atoms with Gasteiger partial charge in [-0.3, -0.25) is 0 Å². The Labute approximate surface area is 199 Å². The molecule has 0 aromatic heterocycles. The first-order valence-corrected chi connectivity index (χ1v) is 13.1. The molecule has 4 aliphatic rings. The summed E-state index contributed by atoms with van der Waals surface area (Å²) in [5.41, 5.74) is 6.05. The third-order valence-corrected chi connectivity index (χ3v) is 8.35. The number of benzene rings is 2. The van der Waals surface area contributed by atoms with Crippen LogP contribution in [-0.4, -0.2) is 43.5 Å². The van der Waals surface area contributed by atoms with Gasteiger partial charge in [-0.15, -0.1) is 4.68 Å². The lowest BCUT2D eigenvalue weighted by Gasteiger charge is -2.42. The van der Waals surface area contributed by atoms with Crippen molar-refractivity contribution >= 4 is 21.5 Å². The van der Waals surface area contributed by atoms with E-state index in [1.807, 2.05) is 18.2 Å². The van der Waals surface area contributed by atoms with Crippen molar-refractivity contribution in [2.24, 2.45) is 11.8 Å². The zero-order valence-electron chi connectivity index (χ0n) is 19.0. The van der Waals surface area contributed by atoms with Gasteiger partial charge in [-0.05, 0) is 48.9 Å². The second-order valence-corrected chi connectivity index (χ2v) is 10.9. The molecule has 34 heavy (non-hydrogen) atoms. The molecule has 8 heteroatoms. The number of allylic oxidation sites excluding steroid dienone is 3. The lowest BCUT2D eigenvalue weighted by atomic mass is 9.73. The number of anilines is 1. The standard InChI is InChI=1S/C26H27N3O4S/c1-28(27)17-10-11-18-22(15-17)33-26-20-8-5-13-29-12-4-6-16(25(20)29)14-21(26)24(18)19-7-2-3-9-23(19)34(30,31)32/h2-3,7,9-11,14-15,18,24H,4-6,8,12-13,27H2,1H3/b28-17+. The Kier molecular flexibility index (Phi) is 4.86. The maximum atomic E-state index is 12.3. The summed E-state index contributed by atoms with van der Waals surface area (Å²) < 4.78 is 44.9. The first-order chi connectivity index (χ1) is 16.3. The molecule has 2 N–H and O–H groups in total. The van der Waals surface area contributed by atoms with E-state index in [0.29, 0.717) is 5.56 Å². The molecular weight excluding hydrogens is 450 g/mol. The van der Waals surface area contributed by atoms with Gasteiger partial charge >= 0.3 is 0 Å². The van der Waals surface area contributed by atoms with E-state index >= 15 is 0 Å². The van der Waals surface area contributed by atoms with Crippen LogP contribution in [0.2, 0.25) is 0 Å². The molecule has 0 saturated heterocycles. The van der Waals surface area contributed by atoms with E-state index in [2.05, 4.69) is 11.0 Å². The first kappa shape index (κ1) is 21.4. The molecule has 0 bridgehead atoms. The van der Waals surface area contributed by atoms with Gasteiger partial charge in [0.25, 0.3) is 0 Å². The number of aryl methyl sites for hydroxylation is 1. The second kappa shape index (κ2) is 7.71. The van der Waals surface area contributed by atoms with Crippen molar-refractivity contribution in [1.29, 1.82) is 0 Å². The predicted octanol–water partition coefficient (Wildman–Crippen LogP) is 2.84. The van der Waals surface area contributed by atoms with Gasteiger partial charge < -0.3 is 14.2 Å². The summed E-state index contributed by atoms with van der Waals surface area (Å²) in [4.78, 5) is 2.29. The van der Waals surface area contributed by atoms with Crippen molar-refractivity contribution in [3.05, 3.63) is 76.6 Å². The number of hydrogen-bond acceptors (Lipinski definition) is 6. The van der Waals surface area contributed by atoms with Gasteiger partial charge in [0.15, 0.2) is 7.05 Å². The van der Waals surface area contributed by atoms with E-state index < -0.39 is 10.1 Å². The number of hydrogen-bond donors (Lipinski definition) is 1. The fourth-order valence-corrected chi connectivity index (χ4v) is 6.75. The lowest BCUT2D eigenvalue weighted by molar-refractivity contribution is -0.507. The van der Waals surface area contributed by atoms with Crippen molar-refractivity contribution in [2.75, 3.05) is 25.0 Å². The number of hydrazone groups is 1. The zero-order chi connectivity index (χ0) is 23.6. The quantitative estimate of drug-likeness (QED) is 0.309. The minimum Gasteiger partial charge on any atom is -0.744 e. The molecule has 3 aliphatic heterocycles. The van der Waals surface area contributed by atoms with Crippen molar-refractivity contribution < 1.29 is 22.4 Å². The van der Waals surface area contributed by atoms with E-state index in [0.717, 1.165) is 61.6 Å². The number of ether oxygens (including phenoxy) is 1. The molecular formula is C26H27N3O4S. The highest BCUT2D eigenvalue weighted by Gasteiger charge is 2.41. The average Bonchev–Trinajstić information content (AvgIpc) is 2.82. The molecule has 2 aromatic rings. The Balaban J connectivity index is 1.65. The van der Waals surface area contributed by atoms with E-state index in [-0.39, 0.29) is 16.7 Å². The van der Waals surface area contributed by atoms with Gasteiger partial charge in [-0.1, -0.05) is 24.3 Å². The van der Waals surface area contributed by atoms with Crippen molar-refractivity contribution in [1.82, 2.24) is 0 Å². The fourth-order valence-electron chi connectivity index (χ4n) is 6.02. The first-order valence-electron chi connectivity index (χ1n) is 11.7. The molecule has 2 aromatic carbocycles. The molecule has 0 amide bonds. The van der Waals surface area contributed by atoms with Gasteiger partial charge in [0.05, 0.1) is 11.0 Å². The molecule has 0 spiro atoms. The molecule has 176 valence electrons. The topological polar surface area (TPSA) is 98.7 Å². The molecule has 0 saturated carbocycles. The predicted molar refractivity (Wildman–Crippen MR) is 128 cm³/mol. The molecule has 3 heterocycles. The van der Waals surface area contributed by atoms with E-state index in [4.69, 9.17) is 10.6 Å². The van der Waals surface area contributed by atoms with Crippen LogP contribution in [0.5, 0.6) is 5.75 Å². The molecule has 6 rings (SSSR count). The highest BCUT2D eigenvalue weighted by Crippen LogP contribution is 2.53. The number of rotatable bonds is 2. The number of nitrogens with zero attached hydrogens (tertiary/aromatic N) is 2. The second-order valence-electron chi connectivity index (χ2n) is 9.51. The van der Waals surface area contributed by atoms with Crippen LogP contribution in [0.25, 0.3) is 0 Å². The summed E-state index contributed by atoms with van der Waals surface area (Å²) in [6, 6.07) is 8.78. The molecule has 2 atom stereocenters. The van der Waals surface area contributed by atoms with Crippen LogP contribution in [0, 0.1) is 5.92 Å². The van der Waals surface area contributed by atoms with E-state index in [9.17, 15) is 13.0 Å². The summed E-state index contributed by atoms with van der Waals surface area (Å²) >= 11 is 0. The molecule has 0 fully saturated rings. The largest absolute Gasteiger partial charge is 0.744 e. The SMILES string of the molecule is C/[N+](N)=C1/C=CC2C(=C1)Oc1c(cc3c4c1CCCN4CCC3)C2c1ccccc1S(=O)(=O)[O-]. The van der Waals surface area contributed by atoms with E-state index in [1.165, 1.54) is 27.6 Å². The smallest absolute Gasteiger partial charge is 0.231 e. The van der Waals surface area contributed by atoms with Crippen LogP contribution in [-0.2, 0) is 23.0 Å². The van der Waals surface area contributed by atoms with Crippen LogP contribution in [0.1, 0.15) is 41.0 Å². The van der Waals surface area contributed by atoms with Crippen LogP contribution in [0.4, 0.5) is 5.69 Å². The van der Waals surface area contributed by atoms with Gasteiger partial charge in [0.2, 0.25) is 5.71 Å². The highest BCUT2D eigenvalue weighted by molar-refractivity contribution is 7.85. The van der Waals surface area contributed by atoms with Crippen LogP contribution in [0.3, 0.4) is 0 Å². The third kappa shape index (κ3) is 3.27. The van der Waals surface area contributed by atoms with Gasteiger partial charge in [-0.25, -0.2) is 14.3 Å². The summed E-state index contributed by atoms with van der Waals surface area (Å²) in [5.74, 6) is 6.94. The van der Waals surface area contributed by atoms with Crippen molar-refractivity contribution in [3.63, 3.8) is 0 Å². The maximum Gasteiger partial charge on any atom is 0.231 e. The van der Waals surface area contributed by atoms with Crippen molar-refractivity contribution in [3.8, 4) is 5.75 Å². The summed E-state index contributed by atoms with van der Waals surface area (Å²) in [7, 11) is -2.89. The number of nitrogens with two attached hydrogens (primary N) is 1. The zero-order valence-corrected chi connectivity index (χ0v) is 19.8. The Morgan fingerprint density at radius 2 is 1.91 bits per heavy atom. The minimum atomic E-state index is -4.65. The third-order valence-electron chi connectivity index (χ3n) is 7.44. The van der Waals surface area contributed by atoms with Crippen molar-refractivity contribution in [2.45, 2.75) is 36.5 Å². The van der Waals surface area contributed by atoms with Crippen LogP contribution in [0.15, 0.2) is 59.2 Å². The van der Waals surface area contributed by atoms with Crippen LogP contribution >= 0.6 is 0 Å². The Morgan fingerprint density at radius 1 is 1.15 bits per heavy atom. The summed E-state index contributed by atoms with van der Waals surface area (Å²) in [6.45, 7) is 2.09. The summed E-state index contributed by atoms with van der Waals surface area (Å²) in [5, 5.41) is 0. The Morgan fingerprint density at radius 3 is 2.68 bits per heavy atom. The fraction of sp³-hybridized carbons (Fsp3) is 0.346. The van der Waals surface area contributed by atoms with E-state index in [1.54, 1.807) is 25.2 Å². The average molecular weight is 478 g/mol. The monoisotopic (exact) mass is 477 g/mol. The van der Waals surface area contributed by atoms with Gasteiger partial charge in [0.1, 0.15) is 21.6 Å². The van der Waals surface area contributed by atoms with Gasteiger partial charge in [-0.2, -0.15) is 0 Å². The Hall–Kier alpha value is -3.10. The number of hydrazine groups is 1. The number of fused-ring (bicyclic) bond motifs is 3. The van der Waals surface area contributed by atoms with Gasteiger partial charge in [0, 0.05) is 47.8 Å². The lowest BCUT2D eigenvalue weighted by Crippen LogP contribution is -2.36. The highest BCUT2D eigenvalue weighted by atomic mass is 32.2. The normalized spacial score (nSPS) is 24.4. The minimum absolute atomic E-state index is 0.167.